The lowest BCUT2D eigenvalue weighted by atomic mass is 10.1. The Morgan fingerprint density at radius 2 is 2.24 bits per heavy atom. The number of para-hydroxylation sites is 1. The second kappa shape index (κ2) is 3.53. The Balaban J connectivity index is 2.28. The van der Waals surface area contributed by atoms with E-state index in [1.165, 1.54) is 0 Å². The molecule has 0 aliphatic rings. The summed E-state index contributed by atoms with van der Waals surface area (Å²) < 4.78 is 1.65. The van der Waals surface area contributed by atoms with Crippen molar-refractivity contribution in [3.05, 3.63) is 35.5 Å². The molecule has 0 atom stereocenters. The monoisotopic (exact) mass is 246 g/mol. The fourth-order valence-corrected chi connectivity index (χ4v) is 2.17. The van der Waals surface area contributed by atoms with Crippen molar-refractivity contribution in [2.75, 3.05) is 5.73 Å². The van der Waals surface area contributed by atoms with Crippen LogP contribution in [-0.4, -0.2) is 14.8 Å². The van der Waals surface area contributed by atoms with E-state index >= 15 is 0 Å². The summed E-state index contributed by atoms with van der Waals surface area (Å²) in [6.45, 7) is 0. The van der Waals surface area contributed by atoms with Crippen LogP contribution in [0.2, 0.25) is 5.02 Å². The minimum absolute atomic E-state index is 0.636. The van der Waals surface area contributed by atoms with E-state index in [0.717, 1.165) is 22.2 Å². The molecule has 0 saturated carbocycles. The number of H-pyrrole nitrogens is 1. The Hall–Kier alpha value is -1.94. The van der Waals surface area contributed by atoms with Crippen LogP contribution in [0.4, 0.5) is 5.82 Å². The number of aromatic nitrogens is 3. The second-order valence-corrected chi connectivity index (χ2v) is 4.35. The van der Waals surface area contributed by atoms with Gasteiger partial charge in [-0.05, 0) is 6.07 Å². The van der Waals surface area contributed by atoms with Crippen molar-refractivity contribution in [1.82, 2.24) is 14.8 Å². The van der Waals surface area contributed by atoms with Gasteiger partial charge in [-0.2, -0.15) is 5.10 Å². The van der Waals surface area contributed by atoms with Crippen LogP contribution in [0.25, 0.3) is 22.2 Å². The SMILES string of the molecule is Cn1nc(-c2c[nH]c3c(Cl)cccc23)cc1N. The third-order valence-corrected chi connectivity index (χ3v) is 3.17. The van der Waals surface area contributed by atoms with Gasteiger partial charge in [0.1, 0.15) is 5.82 Å². The van der Waals surface area contributed by atoms with Crippen LogP contribution in [0.3, 0.4) is 0 Å². The fourth-order valence-electron chi connectivity index (χ4n) is 1.94. The van der Waals surface area contributed by atoms with Crippen molar-refractivity contribution in [3.8, 4) is 11.3 Å². The van der Waals surface area contributed by atoms with Crippen LogP contribution in [0.1, 0.15) is 0 Å². The molecule has 2 heterocycles. The third-order valence-electron chi connectivity index (χ3n) is 2.86. The number of hydrogen-bond acceptors (Lipinski definition) is 2. The maximum Gasteiger partial charge on any atom is 0.121 e. The molecule has 0 aliphatic carbocycles. The number of benzene rings is 1. The molecule has 4 nitrogen and oxygen atoms in total. The molecule has 0 radical (unpaired) electrons. The molecule has 0 saturated heterocycles. The van der Waals surface area contributed by atoms with E-state index in [2.05, 4.69) is 10.1 Å². The average molecular weight is 247 g/mol. The molecule has 5 heteroatoms. The number of nitrogens with one attached hydrogen (secondary N) is 1. The number of rotatable bonds is 1. The second-order valence-electron chi connectivity index (χ2n) is 3.94. The van der Waals surface area contributed by atoms with Crippen LogP contribution in [0.5, 0.6) is 0 Å². The van der Waals surface area contributed by atoms with Gasteiger partial charge in [0, 0.05) is 30.3 Å². The largest absolute Gasteiger partial charge is 0.384 e. The third kappa shape index (κ3) is 1.49. The lowest BCUT2D eigenvalue weighted by Crippen LogP contribution is -1.96. The highest BCUT2D eigenvalue weighted by Gasteiger charge is 2.11. The summed E-state index contributed by atoms with van der Waals surface area (Å²) in [4.78, 5) is 3.16. The number of nitrogens with two attached hydrogens (primary N) is 1. The summed E-state index contributed by atoms with van der Waals surface area (Å²) in [6, 6.07) is 7.65. The Bertz CT molecular complexity index is 676. The molecule has 0 bridgehead atoms. The van der Waals surface area contributed by atoms with Gasteiger partial charge in [0.2, 0.25) is 0 Å². The Morgan fingerprint density at radius 3 is 2.94 bits per heavy atom. The number of nitrogen functional groups attached to an aromatic ring is 1. The van der Waals surface area contributed by atoms with Gasteiger partial charge in [-0.3, -0.25) is 4.68 Å². The maximum atomic E-state index is 6.11. The van der Waals surface area contributed by atoms with E-state index in [1.54, 1.807) is 4.68 Å². The fraction of sp³-hybridized carbons (Fsp3) is 0.0833. The molecule has 1 aromatic carbocycles. The van der Waals surface area contributed by atoms with Crippen molar-refractivity contribution < 1.29 is 0 Å². The smallest absolute Gasteiger partial charge is 0.121 e. The minimum Gasteiger partial charge on any atom is -0.384 e. The van der Waals surface area contributed by atoms with Crippen molar-refractivity contribution in [2.45, 2.75) is 0 Å². The first-order valence-corrected chi connectivity index (χ1v) is 5.60. The highest BCUT2D eigenvalue weighted by molar-refractivity contribution is 6.35. The molecular weight excluding hydrogens is 236 g/mol. The van der Waals surface area contributed by atoms with Gasteiger partial charge in [-0.25, -0.2) is 0 Å². The summed E-state index contributed by atoms with van der Waals surface area (Å²) >= 11 is 6.11. The quantitative estimate of drug-likeness (QED) is 0.694. The first kappa shape index (κ1) is 10.2. The van der Waals surface area contributed by atoms with Gasteiger partial charge in [0.15, 0.2) is 0 Å². The van der Waals surface area contributed by atoms with Crippen LogP contribution in [0.15, 0.2) is 30.5 Å². The number of halogens is 1. The van der Waals surface area contributed by atoms with Gasteiger partial charge in [-0.15, -0.1) is 0 Å². The van der Waals surface area contributed by atoms with Gasteiger partial charge >= 0.3 is 0 Å². The first-order chi connectivity index (χ1) is 8.16. The van der Waals surface area contributed by atoms with E-state index in [-0.39, 0.29) is 0 Å². The lowest BCUT2D eigenvalue weighted by molar-refractivity contribution is 0.782. The zero-order valence-electron chi connectivity index (χ0n) is 9.24. The molecular formula is C12H11ClN4. The van der Waals surface area contributed by atoms with E-state index in [0.29, 0.717) is 10.8 Å². The van der Waals surface area contributed by atoms with Crippen LogP contribution in [-0.2, 0) is 7.05 Å². The molecule has 0 unspecified atom stereocenters. The number of aromatic amines is 1. The molecule has 0 spiro atoms. The summed E-state index contributed by atoms with van der Waals surface area (Å²) in [5.41, 5.74) is 8.56. The average Bonchev–Trinajstić information content (AvgIpc) is 2.85. The number of nitrogens with zero attached hydrogens (tertiary/aromatic N) is 2. The Kier molecular flexibility index (Phi) is 2.12. The molecule has 0 aliphatic heterocycles. The molecule has 0 amide bonds. The molecule has 3 rings (SSSR count). The lowest BCUT2D eigenvalue weighted by Gasteiger charge is -1.95. The molecule has 86 valence electrons. The van der Waals surface area contributed by atoms with Crippen LogP contribution >= 0.6 is 11.6 Å². The summed E-state index contributed by atoms with van der Waals surface area (Å²) in [5.74, 6) is 0.636. The van der Waals surface area contributed by atoms with E-state index in [1.807, 2.05) is 37.5 Å². The molecule has 3 aromatic rings. The minimum atomic E-state index is 0.636. The van der Waals surface area contributed by atoms with Gasteiger partial charge in [-0.1, -0.05) is 23.7 Å². The predicted molar refractivity (Wildman–Crippen MR) is 69.9 cm³/mol. The standard InChI is InChI=1S/C12H11ClN4/c1-17-11(14)5-10(16-17)8-6-15-12-7(8)3-2-4-9(12)13/h2-6,15H,14H2,1H3. The highest BCUT2D eigenvalue weighted by Crippen LogP contribution is 2.31. The zero-order valence-corrected chi connectivity index (χ0v) is 9.99. The zero-order chi connectivity index (χ0) is 12.0. The molecule has 2 aromatic heterocycles. The van der Waals surface area contributed by atoms with E-state index in [4.69, 9.17) is 17.3 Å². The van der Waals surface area contributed by atoms with Crippen molar-refractivity contribution in [1.29, 1.82) is 0 Å². The molecule has 17 heavy (non-hydrogen) atoms. The molecule has 0 fully saturated rings. The Morgan fingerprint density at radius 1 is 1.41 bits per heavy atom. The number of aryl methyl sites for hydroxylation is 1. The summed E-state index contributed by atoms with van der Waals surface area (Å²) in [7, 11) is 1.82. The van der Waals surface area contributed by atoms with E-state index in [9.17, 15) is 0 Å². The van der Waals surface area contributed by atoms with Gasteiger partial charge in [0.05, 0.1) is 16.2 Å². The van der Waals surface area contributed by atoms with E-state index < -0.39 is 0 Å². The highest BCUT2D eigenvalue weighted by atomic mass is 35.5. The van der Waals surface area contributed by atoms with Crippen LogP contribution < -0.4 is 5.73 Å². The number of fused-ring (bicyclic) bond motifs is 1. The van der Waals surface area contributed by atoms with Crippen molar-refractivity contribution in [3.63, 3.8) is 0 Å². The first-order valence-electron chi connectivity index (χ1n) is 5.22. The topological polar surface area (TPSA) is 59.6 Å². The van der Waals surface area contributed by atoms with Gasteiger partial charge in [0.25, 0.3) is 0 Å². The summed E-state index contributed by atoms with van der Waals surface area (Å²) in [5, 5.41) is 6.12. The number of hydrogen-bond donors (Lipinski definition) is 2. The van der Waals surface area contributed by atoms with Crippen molar-refractivity contribution in [2.24, 2.45) is 7.05 Å². The maximum absolute atomic E-state index is 6.11. The predicted octanol–water partition coefficient (Wildman–Crippen LogP) is 2.80. The molecule has 3 N–H and O–H groups in total. The van der Waals surface area contributed by atoms with Crippen molar-refractivity contribution >= 4 is 28.3 Å². The number of anilines is 1. The van der Waals surface area contributed by atoms with Gasteiger partial charge < -0.3 is 10.7 Å². The Labute approximate surface area is 103 Å². The normalized spacial score (nSPS) is 11.2. The summed E-state index contributed by atoms with van der Waals surface area (Å²) in [6.07, 6.45) is 1.90. The van der Waals surface area contributed by atoms with Crippen LogP contribution in [0, 0.1) is 0 Å².